The maximum absolute atomic E-state index is 10.7. The van der Waals surface area contributed by atoms with Crippen molar-refractivity contribution in [1.29, 1.82) is 0 Å². The summed E-state index contributed by atoms with van der Waals surface area (Å²) >= 11 is 0. The zero-order valence-electron chi connectivity index (χ0n) is 10.9. The van der Waals surface area contributed by atoms with Gasteiger partial charge in [-0.25, -0.2) is 9.59 Å². The van der Waals surface area contributed by atoms with Crippen LogP contribution in [-0.2, 0) is 19.1 Å². The first-order valence-corrected chi connectivity index (χ1v) is 5.17. The van der Waals surface area contributed by atoms with Gasteiger partial charge in [-0.3, -0.25) is 0 Å². The van der Waals surface area contributed by atoms with Crippen molar-refractivity contribution in [3.63, 3.8) is 0 Å². The molecule has 1 aliphatic rings. The Labute approximate surface area is 107 Å². The molecule has 1 N–H and O–H groups in total. The van der Waals surface area contributed by atoms with E-state index in [0.717, 1.165) is 0 Å². The molecule has 5 nitrogen and oxygen atoms in total. The second kappa shape index (κ2) is 10.3. The van der Waals surface area contributed by atoms with Gasteiger partial charge in [-0.05, 0) is 13.8 Å². The van der Waals surface area contributed by atoms with Gasteiger partial charge in [0.25, 0.3) is 0 Å². The predicted molar refractivity (Wildman–Crippen MR) is 69.2 cm³/mol. The van der Waals surface area contributed by atoms with Crippen molar-refractivity contribution in [1.82, 2.24) is 0 Å². The van der Waals surface area contributed by atoms with Crippen LogP contribution in [0.1, 0.15) is 13.8 Å². The van der Waals surface area contributed by atoms with Gasteiger partial charge >= 0.3 is 11.9 Å². The molecule has 0 aromatic carbocycles. The van der Waals surface area contributed by atoms with Gasteiger partial charge in [0.2, 0.25) is 0 Å². The molecule has 1 atom stereocenters. The number of rotatable bonds is 4. The molecule has 1 fully saturated rings. The van der Waals surface area contributed by atoms with Gasteiger partial charge in [0.15, 0.2) is 0 Å². The van der Waals surface area contributed by atoms with E-state index in [9.17, 15) is 9.59 Å². The topological polar surface area (TPSA) is 76.1 Å². The quantitative estimate of drug-likeness (QED) is 0.360. The van der Waals surface area contributed by atoms with E-state index in [2.05, 4.69) is 26.3 Å². The Morgan fingerprint density at radius 2 is 1.67 bits per heavy atom. The van der Waals surface area contributed by atoms with E-state index in [0.29, 0.717) is 18.8 Å². The molecule has 1 aliphatic heterocycles. The minimum atomic E-state index is -0.935. The first-order valence-electron chi connectivity index (χ1n) is 5.17. The highest BCUT2D eigenvalue weighted by atomic mass is 16.6. The van der Waals surface area contributed by atoms with E-state index in [1.807, 2.05) is 0 Å². The molecule has 0 radical (unpaired) electrons. The number of carboxylic acid groups (broad SMARTS) is 1. The molecule has 5 heteroatoms. The molecule has 0 aromatic heterocycles. The summed E-state index contributed by atoms with van der Waals surface area (Å²) in [5, 5.41) is 7.89. The Morgan fingerprint density at radius 3 is 1.89 bits per heavy atom. The van der Waals surface area contributed by atoms with Crippen LogP contribution in [0.4, 0.5) is 0 Å². The Bertz CT molecular complexity index is 303. The summed E-state index contributed by atoms with van der Waals surface area (Å²) in [6.07, 6.45) is 0.142. The monoisotopic (exact) mass is 256 g/mol. The molecule has 0 saturated carbocycles. The lowest BCUT2D eigenvalue weighted by Crippen LogP contribution is -2.09. The number of hydrogen-bond donors (Lipinski definition) is 1. The molecule has 1 heterocycles. The second-order valence-corrected chi connectivity index (χ2v) is 3.42. The fourth-order valence-corrected chi connectivity index (χ4v) is 0.456. The molecule has 1 rings (SSSR count). The number of carbonyl (C=O) groups is 2. The highest BCUT2D eigenvalue weighted by molar-refractivity contribution is 5.86. The summed E-state index contributed by atoms with van der Waals surface area (Å²) in [5.74, 6) is -1.27. The van der Waals surface area contributed by atoms with Gasteiger partial charge < -0.3 is 14.6 Å². The summed E-state index contributed by atoms with van der Waals surface area (Å²) in [6, 6.07) is 0. The summed E-state index contributed by atoms with van der Waals surface area (Å²) in [7, 11) is 0. The fraction of sp³-hybridized carbons (Fsp3) is 0.385. The van der Waals surface area contributed by atoms with Crippen LogP contribution in [-0.4, -0.2) is 36.4 Å². The van der Waals surface area contributed by atoms with Gasteiger partial charge in [-0.15, -0.1) is 13.2 Å². The van der Waals surface area contributed by atoms with Crippen LogP contribution < -0.4 is 0 Å². The van der Waals surface area contributed by atoms with Crippen LogP contribution in [0, 0.1) is 0 Å². The molecule has 1 unspecified atom stereocenters. The summed E-state index contributed by atoms with van der Waals surface area (Å²) in [6.45, 7) is 16.7. The lowest BCUT2D eigenvalue weighted by atomic mass is 10.4. The number of carbonyl (C=O) groups excluding carboxylic acids is 1. The number of carboxylic acids is 1. The zero-order valence-corrected chi connectivity index (χ0v) is 10.9. The van der Waals surface area contributed by atoms with E-state index in [-0.39, 0.29) is 17.6 Å². The van der Waals surface area contributed by atoms with E-state index in [1.54, 1.807) is 6.92 Å². The molecular formula is C13H20O5. The molecular weight excluding hydrogens is 236 g/mol. The highest BCUT2D eigenvalue weighted by Crippen LogP contribution is 2.09. The molecule has 0 spiro atoms. The minimum Gasteiger partial charge on any atom is -0.478 e. The number of epoxide rings is 1. The van der Waals surface area contributed by atoms with Crippen molar-refractivity contribution < 1.29 is 24.2 Å². The summed E-state index contributed by atoms with van der Waals surface area (Å²) in [4.78, 5) is 20.3. The molecule has 0 bridgehead atoms. The SMILES string of the molecule is C=C.C=C(C)C(=O)O.C=C(C)C(=O)OCC1CO1. The lowest BCUT2D eigenvalue weighted by Gasteiger charge is -1.99. The van der Waals surface area contributed by atoms with Crippen LogP contribution >= 0.6 is 0 Å². The Hall–Kier alpha value is -1.88. The highest BCUT2D eigenvalue weighted by Gasteiger charge is 2.24. The smallest absolute Gasteiger partial charge is 0.333 e. The van der Waals surface area contributed by atoms with Crippen molar-refractivity contribution in [2.45, 2.75) is 20.0 Å². The van der Waals surface area contributed by atoms with E-state index >= 15 is 0 Å². The first kappa shape index (κ1) is 18.5. The summed E-state index contributed by atoms with van der Waals surface area (Å²) in [5.41, 5.74) is 0.607. The molecule has 0 amide bonds. The van der Waals surface area contributed by atoms with E-state index in [1.165, 1.54) is 6.92 Å². The van der Waals surface area contributed by atoms with Crippen molar-refractivity contribution in [3.05, 3.63) is 37.5 Å². The lowest BCUT2D eigenvalue weighted by molar-refractivity contribution is -0.139. The predicted octanol–water partition coefficient (Wildman–Crippen LogP) is 1.95. The van der Waals surface area contributed by atoms with Gasteiger partial charge in [-0.2, -0.15) is 0 Å². The Balaban J connectivity index is 0. The van der Waals surface area contributed by atoms with Crippen molar-refractivity contribution >= 4 is 11.9 Å². The van der Waals surface area contributed by atoms with E-state index in [4.69, 9.17) is 14.6 Å². The number of esters is 1. The Kier molecular flexibility index (Phi) is 10.6. The average molecular weight is 256 g/mol. The number of aliphatic carboxylic acids is 1. The molecule has 18 heavy (non-hydrogen) atoms. The molecule has 0 aliphatic carbocycles. The number of hydrogen-bond acceptors (Lipinski definition) is 4. The van der Waals surface area contributed by atoms with Crippen LogP contribution in [0.5, 0.6) is 0 Å². The van der Waals surface area contributed by atoms with Gasteiger partial charge in [0.1, 0.15) is 12.7 Å². The van der Waals surface area contributed by atoms with Gasteiger partial charge in [0.05, 0.1) is 6.61 Å². The van der Waals surface area contributed by atoms with Crippen LogP contribution in [0.2, 0.25) is 0 Å². The first-order chi connectivity index (χ1) is 8.34. The third kappa shape index (κ3) is 12.2. The molecule has 102 valence electrons. The standard InChI is InChI=1S/C7H10O3.C4H6O2.C2H4/c1-5(2)7(8)10-4-6-3-9-6;1-3(2)4(5)6;1-2/h6H,1,3-4H2,2H3;1H2,2H3,(H,5,6);1-2H2. The second-order valence-electron chi connectivity index (χ2n) is 3.42. The van der Waals surface area contributed by atoms with Crippen molar-refractivity contribution in [3.8, 4) is 0 Å². The minimum absolute atomic E-state index is 0.142. The molecule has 1 saturated heterocycles. The third-order valence-corrected chi connectivity index (χ3v) is 1.52. The third-order valence-electron chi connectivity index (χ3n) is 1.52. The number of ether oxygens (including phenoxy) is 2. The van der Waals surface area contributed by atoms with Crippen molar-refractivity contribution in [2.75, 3.05) is 13.2 Å². The van der Waals surface area contributed by atoms with Crippen LogP contribution in [0.15, 0.2) is 37.5 Å². The molecule has 0 aromatic rings. The summed E-state index contributed by atoms with van der Waals surface area (Å²) < 4.78 is 9.60. The normalized spacial score (nSPS) is 14.9. The maximum atomic E-state index is 10.7. The maximum Gasteiger partial charge on any atom is 0.333 e. The van der Waals surface area contributed by atoms with Gasteiger partial charge in [-0.1, -0.05) is 13.2 Å². The zero-order chi connectivity index (χ0) is 14.7. The van der Waals surface area contributed by atoms with Crippen LogP contribution in [0.25, 0.3) is 0 Å². The largest absolute Gasteiger partial charge is 0.478 e. The van der Waals surface area contributed by atoms with Crippen molar-refractivity contribution in [2.24, 2.45) is 0 Å². The van der Waals surface area contributed by atoms with Crippen LogP contribution in [0.3, 0.4) is 0 Å². The van der Waals surface area contributed by atoms with Gasteiger partial charge in [0, 0.05) is 11.1 Å². The van der Waals surface area contributed by atoms with E-state index < -0.39 is 5.97 Å². The fourth-order valence-electron chi connectivity index (χ4n) is 0.456. The average Bonchev–Trinajstić information content (AvgIpc) is 3.13. The Morgan fingerprint density at radius 1 is 1.28 bits per heavy atom.